The van der Waals surface area contributed by atoms with Crippen molar-refractivity contribution >= 4 is 5.97 Å². The number of hydrogen-bond donors (Lipinski definition) is 0. The van der Waals surface area contributed by atoms with Gasteiger partial charge in [-0.25, -0.2) is 0 Å². The molecule has 0 bridgehead atoms. The van der Waals surface area contributed by atoms with E-state index in [4.69, 9.17) is 14.2 Å². The summed E-state index contributed by atoms with van der Waals surface area (Å²) in [6.45, 7) is 2.53. The second kappa shape index (κ2) is 5.29. The van der Waals surface area contributed by atoms with E-state index in [1.807, 2.05) is 25.1 Å². The van der Waals surface area contributed by atoms with Crippen molar-refractivity contribution in [3.63, 3.8) is 0 Å². The molecule has 98 valence electrons. The number of carbonyl (C=O) groups is 1. The van der Waals surface area contributed by atoms with Crippen LogP contribution in [0.4, 0.5) is 0 Å². The van der Waals surface area contributed by atoms with E-state index in [2.05, 4.69) is 0 Å². The summed E-state index contributed by atoms with van der Waals surface area (Å²) in [6.07, 6.45) is 0.590. The molecule has 1 aliphatic rings. The zero-order valence-electron chi connectivity index (χ0n) is 10.9. The second-order valence-electron chi connectivity index (χ2n) is 4.56. The summed E-state index contributed by atoms with van der Waals surface area (Å²) in [6, 6.07) is 5.63. The van der Waals surface area contributed by atoms with Crippen LogP contribution in [0.2, 0.25) is 0 Å². The Morgan fingerprint density at radius 2 is 1.89 bits per heavy atom. The molecule has 0 radical (unpaired) electrons. The van der Waals surface area contributed by atoms with Gasteiger partial charge in [-0.1, -0.05) is 13.0 Å². The number of benzene rings is 1. The van der Waals surface area contributed by atoms with E-state index in [1.165, 1.54) is 0 Å². The van der Waals surface area contributed by atoms with Crippen LogP contribution in [0.15, 0.2) is 18.2 Å². The van der Waals surface area contributed by atoms with E-state index in [0.717, 1.165) is 17.1 Å². The molecule has 18 heavy (non-hydrogen) atoms. The molecule has 1 saturated heterocycles. The number of esters is 1. The van der Waals surface area contributed by atoms with Gasteiger partial charge in [0.1, 0.15) is 11.5 Å². The van der Waals surface area contributed by atoms with Crippen molar-refractivity contribution in [2.45, 2.75) is 13.3 Å². The fourth-order valence-corrected chi connectivity index (χ4v) is 2.30. The summed E-state index contributed by atoms with van der Waals surface area (Å²) in [5.41, 5.74) is 0.929. The summed E-state index contributed by atoms with van der Waals surface area (Å²) >= 11 is 0. The van der Waals surface area contributed by atoms with Crippen LogP contribution in [0.3, 0.4) is 0 Å². The monoisotopic (exact) mass is 250 g/mol. The Labute approximate surface area is 107 Å². The predicted octanol–water partition coefficient (Wildman–Crippen LogP) is 2.06. The molecule has 4 heteroatoms. The minimum atomic E-state index is -0.129. The van der Waals surface area contributed by atoms with Gasteiger partial charge in [0.2, 0.25) is 0 Å². The van der Waals surface area contributed by atoms with Crippen molar-refractivity contribution in [3.8, 4) is 11.5 Å². The first-order valence-corrected chi connectivity index (χ1v) is 6.04. The third-order valence-electron chi connectivity index (χ3n) is 3.43. The largest absolute Gasteiger partial charge is 0.496 e. The highest BCUT2D eigenvalue weighted by Crippen LogP contribution is 2.34. The zero-order chi connectivity index (χ0) is 13.1. The van der Waals surface area contributed by atoms with Crippen molar-refractivity contribution in [3.05, 3.63) is 23.8 Å². The molecule has 1 aromatic rings. The Morgan fingerprint density at radius 1 is 1.28 bits per heavy atom. The van der Waals surface area contributed by atoms with Crippen molar-refractivity contribution in [1.29, 1.82) is 0 Å². The lowest BCUT2D eigenvalue weighted by molar-refractivity contribution is -0.141. The van der Waals surface area contributed by atoms with Crippen LogP contribution in [0, 0.1) is 11.8 Å². The number of methoxy groups -OCH3 is 2. The lowest BCUT2D eigenvalue weighted by Gasteiger charge is -2.16. The first-order valence-electron chi connectivity index (χ1n) is 6.04. The van der Waals surface area contributed by atoms with Gasteiger partial charge in [0.05, 0.1) is 26.7 Å². The minimum Gasteiger partial charge on any atom is -0.496 e. The third kappa shape index (κ3) is 2.28. The van der Waals surface area contributed by atoms with E-state index in [9.17, 15) is 4.79 Å². The highest BCUT2D eigenvalue weighted by atomic mass is 16.5. The maximum absolute atomic E-state index is 11.7. The molecule has 1 fully saturated rings. The Hall–Kier alpha value is -1.71. The number of rotatable bonds is 4. The molecule has 2 rings (SSSR count). The normalized spacial score (nSPS) is 22.7. The summed E-state index contributed by atoms with van der Waals surface area (Å²) < 4.78 is 15.7. The van der Waals surface area contributed by atoms with Gasteiger partial charge in [0, 0.05) is 11.5 Å². The molecule has 1 heterocycles. The lowest BCUT2D eigenvalue weighted by Crippen LogP contribution is -2.17. The van der Waals surface area contributed by atoms with Crippen LogP contribution in [-0.2, 0) is 16.0 Å². The van der Waals surface area contributed by atoms with Crippen molar-refractivity contribution in [2.24, 2.45) is 11.8 Å². The van der Waals surface area contributed by atoms with Crippen LogP contribution in [0.5, 0.6) is 11.5 Å². The molecule has 0 aliphatic carbocycles. The fraction of sp³-hybridized carbons (Fsp3) is 0.500. The Bertz CT molecular complexity index is 419. The van der Waals surface area contributed by atoms with Gasteiger partial charge in [-0.2, -0.15) is 0 Å². The SMILES string of the molecule is COc1cccc(OC)c1C[C@H]1C(=O)OC[C@@H]1C. The van der Waals surface area contributed by atoms with E-state index >= 15 is 0 Å². The van der Waals surface area contributed by atoms with E-state index < -0.39 is 0 Å². The molecule has 1 aromatic carbocycles. The van der Waals surface area contributed by atoms with Crippen molar-refractivity contribution in [2.75, 3.05) is 20.8 Å². The van der Waals surface area contributed by atoms with Gasteiger partial charge in [-0.05, 0) is 18.6 Å². The molecule has 2 atom stereocenters. The van der Waals surface area contributed by atoms with Crippen molar-refractivity contribution in [1.82, 2.24) is 0 Å². The second-order valence-corrected chi connectivity index (χ2v) is 4.56. The van der Waals surface area contributed by atoms with Crippen LogP contribution < -0.4 is 9.47 Å². The predicted molar refractivity (Wildman–Crippen MR) is 66.9 cm³/mol. The van der Waals surface area contributed by atoms with Gasteiger partial charge in [0.15, 0.2) is 0 Å². The Balaban J connectivity index is 2.29. The smallest absolute Gasteiger partial charge is 0.309 e. The molecular weight excluding hydrogens is 232 g/mol. The number of ether oxygens (including phenoxy) is 3. The first-order chi connectivity index (χ1) is 8.67. The summed E-state index contributed by atoms with van der Waals surface area (Å²) in [7, 11) is 3.24. The number of cyclic esters (lactones) is 1. The molecular formula is C14H18O4. The first kappa shape index (κ1) is 12.7. The fourth-order valence-electron chi connectivity index (χ4n) is 2.30. The number of carbonyl (C=O) groups excluding carboxylic acids is 1. The van der Waals surface area contributed by atoms with Crippen LogP contribution in [-0.4, -0.2) is 26.8 Å². The molecule has 0 amide bonds. The van der Waals surface area contributed by atoms with E-state index in [-0.39, 0.29) is 17.8 Å². The van der Waals surface area contributed by atoms with Crippen LogP contribution in [0.25, 0.3) is 0 Å². The van der Waals surface area contributed by atoms with Gasteiger partial charge in [-0.15, -0.1) is 0 Å². The van der Waals surface area contributed by atoms with Gasteiger partial charge in [-0.3, -0.25) is 4.79 Å². The molecule has 1 aliphatic heterocycles. The maximum Gasteiger partial charge on any atom is 0.309 e. The molecule has 0 aromatic heterocycles. The zero-order valence-corrected chi connectivity index (χ0v) is 10.9. The van der Waals surface area contributed by atoms with E-state index in [1.54, 1.807) is 14.2 Å². The van der Waals surface area contributed by atoms with Crippen molar-refractivity contribution < 1.29 is 19.0 Å². The summed E-state index contributed by atoms with van der Waals surface area (Å²) in [5, 5.41) is 0. The average Bonchev–Trinajstić information content (AvgIpc) is 2.70. The standard InChI is InChI=1S/C14H18O4/c1-9-8-18-14(15)10(9)7-11-12(16-2)5-4-6-13(11)17-3/h4-6,9-10H,7-8H2,1-3H3/t9-,10+/m0/s1. The Morgan fingerprint density at radius 3 is 2.33 bits per heavy atom. The maximum atomic E-state index is 11.7. The molecule has 0 unspecified atom stereocenters. The van der Waals surface area contributed by atoms with Crippen LogP contribution >= 0.6 is 0 Å². The molecule has 0 spiro atoms. The highest BCUT2D eigenvalue weighted by Gasteiger charge is 2.35. The van der Waals surface area contributed by atoms with E-state index in [0.29, 0.717) is 13.0 Å². The third-order valence-corrected chi connectivity index (χ3v) is 3.43. The summed E-state index contributed by atoms with van der Waals surface area (Å²) in [4.78, 5) is 11.7. The van der Waals surface area contributed by atoms with Crippen LogP contribution in [0.1, 0.15) is 12.5 Å². The quantitative estimate of drug-likeness (QED) is 0.767. The highest BCUT2D eigenvalue weighted by molar-refractivity contribution is 5.75. The minimum absolute atomic E-state index is 0.116. The van der Waals surface area contributed by atoms with Gasteiger partial charge in [0.25, 0.3) is 0 Å². The van der Waals surface area contributed by atoms with Gasteiger partial charge < -0.3 is 14.2 Å². The molecule has 4 nitrogen and oxygen atoms in total. The number of hydrogen-bond acceptors (Lipinski definition) is 4. The molecule has 0 N–H and O–H groups in total. The van der Waals surface area contributed by atoms with Gasteiger partial charge >= 0.3 is 5.97 Å². The Kier molecular flexibility index (Phi) is 3.75. The topological polar surface area (TPSA) is 44.8 Å². The lowest BCUT2D eigenvalue weighted by atomic mass is 9.90. The average molecular weight is 250 g/mol. The molecule has 0 saturated carbocycles. The summed E-state index contributed by atoms with van der Waals surface area (Å²) in [5.74, 6) is 1.49.